The minimum absolute atomic E-state index is 0.473. The summed E-state index contributed by atoms with van der Waals surface area (Å²) in [5.74, 6) is 1.79. The van der Waals surface area contributed by atoms with Crippen LogP contribution in [-0.4, -0.2) is 36.8 Å². The van der Waals surface area contributed by atoms with Crippen LogP contribution in [-0.2, 0) is 0 Å². The summed E-state index contributed by atoms with van der Waals surface area (Å²) in [4.78, 5) is 11.0. The number of piperidine rings is 1. The van der Waals surface area contributed by atoms with Gasteiger partial charge in [0.25, 0.3) is 0 Å². The predicted octanol–water partition coefficient (Wildman–Crippen LogP) is 1.87. The standard InChI is InChI=1S/C12H19N3O2/c1-9-6-4-5-7-15(9)12-13-10(16-2)8-11(14-12)17-3/h8-9H,4-7H2,1-3H3. The van der Waals surface area contributed by atoms with Gasteiger partial charge in [-0.15, -0.1) is 0 Å². The van der Waals surface area contributed by atoms with Crippen molar-refractivity contribution in [2.75, 3.05) is 25.7 Å². The van der Waals surface area contributed by atoms with Gasteiger partial charge in [-0.05, 0) is 26.2 Å². The Morgan fingerprint density at radius 1 is 1.18 bits per heavy atom. The Kier molecular flexibility index (Phi) is 3.66. The molecular weight excluding hydrogens is 218 g/mol. The van der Waals surface area contributed by atoms with Crippen LogP contribution in [0.4, 0.5) is 5.95 Å². The molecule has 0 radical (unpaired) electrons. The molecule has 2 rings (SSSR count). The summed E-state index contributed by atoms with van der Waals surface area (Å²) >= 11 is 0. The third kappa shape index (κ3) is 2.60. The van der Waals surface area contributed by atoms with E-state index in [0.717, 1.165) is 6.54 Å². The van der Waals surface area contributed by atoms with Crippen molar-refractivity contribution in [3.05, 3.63) is 6.07 Å². The fourth-order valence-electron chi connectivity index (χ4n) is 2.13. The number of methoxy groups -OCH3 is 2. The third-order valence-corrected chi connectivity index (χ3v) is 3.15. The zero-order chi connectivity index (χ0) is 12.3. The van der Waals surface area contributed by atoms with Gasteiger partial charge in [0.2, 0.25) is 17.7 Å². The van der Waals surface area contributed by atoms with Gasteiger partial charge in [0.05, 0.1) is 20.3 Å². The molecule has 2 heterocycles. The van der Waals surface area contributed by atoms with Crippen molar-refractivity contribution in [3.63, 3.8) is 0 Å². The lowest BCUT2D eigenvalue weighted by Gasteiger charge is -2.33. The highest BCUT2D eigenvalue weighted by Crippen LogP contribution is 2.25. The molecule has 5 heteroatoms. The molecule has 0 amide bonds. The Bertz CT molecular complexity index is 362. The first-order chi connectivity index (χ1) is 8.24. The normalized spacial score (nSPS) is 20.2. The number of nitrogens with zero attached hydrogens (tertiary/aromatic N) is 3. The molecule has 1 saturated heterocycles. The molecule has 1 fully saturated rings. The minimum Gasteiger partial charge on any atom is -0.481 e. The van der Waals surface area contributed by atoms with Crippen molar-refractivity contribution < 1.29 is 9.47 Å². The molecule has 94 valence electrons. The highest BCUT2D eigenvalue weighted by molar-refractivity contribution is 5.38. The molecule has 0 N–H and O–H groups in total. The summed E-state index contributed by atoms with van der Waals surface area (Å²) in [7, 11) is 3.20. The summed E-state index contributed by atoms with van der Waals surface area (Å²) in [6, 6.07) is 2.17. The minimum atomic E-state index is 0.473. The maximum absolute atomic E-state index is 5.17. The Balaban J connectivity index is 2.29. The van der Waals surface area contributed by atoms with Crippen molar-refractivity contribution in [2.24, 2.45) is 0 Å². The summed E-state index contributed by atoms with van der Waals surface area (Å²) < 4.78 is 10.3. The number of hydrogen-bond acceptors (Lipinski definition) is 5. The van der Waals surface area contributed by atoms with Gasteiger partial charge in [0, 0.05) is 12.6 Å². The molecule has 1 atom stereocenters. The zero-order valence-corrected chi connectivity index (χ0v) is 10.6. The van der Waals surface area contributed by atoms with E-state index < -0.39 is 0 Å². The smallest absolute Gasteiger partial charge is 0.232 e. The number of aromatic nitrogens is 2. The van der Waals surface area contributed by atoms with Gasteiger partial charge in [-0.2, -0.15) is 9.97 Å². The van der Waals surface area contributed by atoms with Crippen molar-refractivity contribution in [2.45, 2.75) is 32.2 Å². The van der Waals surface area contributed by atoms with Crippen LogP contribution in [0.3, 0.4) is 0 Å². The van der Waals surface area contributed by atoms with E-state index in [1.54, 1.807) is 20.3 Å². The molecule has 0 saturated carbocycles. The lowest BCUT2D eigenvalue weighted by molar-refractivity contribution is 0.368. The van der Waals surface area contributed by atoms with E-state index in [1.807, 2.05) is 0 Å². The molecule has 5 nitrogen and oxygen atoms in total. The average Bonchev–Trinajstić information content (AvgIpc) is 2.38. The van der Waals surface area contributed by atoms with E-state index in [4.69, 9.17) is 9.47 Å². The molecule has 1 aromatic heterocycles. The molecule has 0 aromatic carbocycles. The predicted molar refractivity (Wildman–Crippen MR) is 65.8 cm³/mol. The van der Waals surface area contributed by atoms with Gasteiger partial charge in [0.1, 0.15) is 0 Å². The zero-order valence-electron chi connectivity index (χ0n) is 10.6. The van der Waals surface area contributed by atoms with Crippen LogP contribution >= 0.6 is 0 Å². The monoisotopic (exact) mass is 237 g/mol. The maximum Gasteiger partial charge on any atom is 0.232 e. The van der Waals surface area contributed by atoms with Crippen LogP contribution in [0.2, 0.25) is 0 Å². The van der Waals surface area contributed by atoms with Crippen molar-refractivity contribution in [1.29, 1.82) is 0 Å². The molecule has 0 spiro atoms. The van der Waals surface area contributed by atoms with Crippen LogP contribution in [0, 0.1) is 0 Å². The van der Waals surface area contributed by atoms with E-state index in [0.29, 0.717) is 23.8 Å². The maximum atomic E-state index is 5.17. The van der Waals surface area contributed by atoms with Crippen molar-refractivity contribution >= 4 is 5.95 Å². The third-order valence-electron chi connectivity index (χ3n) is 3.15. The van der Waals surface area contributed by atoms with Gasteiger partial charge in [-0.1, -0.05) is 0 Å². The largest absolute Gasteiger partial charge is 0.481 e. The first kappa shape index (κ1) is 12.0. The van der Waals surface area contributed by atoms with E-state index in [2.05, 4.69) is 21.8 Å². The molecule has 1 aromatic rings. The number of anilines is 1. The molecule has 0 aliphatic carbocycles. The van der Waals surface area contributed by atoms with Crippen molar-refractivity contribution in [1.82, 2.24) is 9.97 Å². The first-order valence-corrected chi connectivity index (χ1v) is 5.98. The first-order valence-electron chi connectivity index (χ1n) is 5.98. The van der Waals surface area contributed by atoms with Crippen LogP contribution in [0.1, 0.15) is 26.2 Å². The molecule has 17 heavy (non-hydrogen) atoms. The summed E-state index contributed by atoms with van der Waals surface area (Å²) in [6.45, 7) is 3.20. The molecule has 1 aliphatic rings. The lowest BCUT2D eigenvalue weighted by Crippen LogP contribution is -2.38. The molecule has 1 aliphatic heterocycles. The van der Waals surface area contributed by atoms with Gasteiger partial charge in [-0.3, -0.25) is 0 Å². The van der Waals surface area contributed by atoms with E-state index in [9.17, 15) is 0 Å². The van der Waals surface area contributed by atoms with E-state index >= 15 is 0 Å². The van der Waals surface area contributed by atoms with Crippen LogP contribution in [0.25, 0.3) is 0 Å². The molecule has 0 bridgehead atoms. The second-order valence-corrected chi connectivity index (χ2v) is 4.29. The highest BCUT2D eigenvalue weighted by Gasteiger charge is 2.22. The van der Waals surface area contributed by atoms with Gasteiger partial charge >= 0.3 is 0 Å². The molecular formula is C12H19N3O2. The Morgan fingerprint density at radius 3 is 2.35 bits per heavy atom. The van der Waals surface area contributed by atoms with E-state index in [1.165, 1.54) is 19.3 Å². The SMILES string of the molecule is COc1cc(OC)nc(N2CCCCC2C)n1. The van der Waals surface area contributed by atoms with Gasteiger partial charge in [-0.25, -0.2) is 0 Å². The highest BCUT2D eigenvalue weighted by atomic mass is 16.5. The fraction of sp³-hybridized carbons (Fsp3) is 0.667. The summed E-state index contributed by atoms with van der Waals surface area (Å²) in [6.07, 6.45) is 3.65. The number of hydrogen-bond donors (Lipinski definition) is 0. The van der Waals surface area contributed by atoms with Gasteiger partial charge < -0.3 is 14.4 Å². The quantitative estimate of drug-likeness (QED) is 0.803. The van der Waals surface area contributed by atoms with Crippen LogP contribution in [0.15, 0.2) is 6.07 Å². The van der Waals surface area contributed by atoms with Crippen molar-refractivity contribution in [3.8, 4) is 11.8 Å². The summed E-state index contributed by atoms with van der Waals surface area (Å²) in [5, 5.41) is 0. The number of ether oxygens (including phenoxy) is 2. The van der Waals surface area contributed by atoms with E-state index in [-0.39, 0.29) is 0 Å². The molecule has 1 unspecified atom stereocenters. The Labute approximate surface area is 102 Å². The average molecular weight is 237 g/mol. The lowest BCUT2D eigenvalue weighted by atomic mass is 10.0. The van der Waals surface area contributed by atoms with Crippen LogP contribution < -0.4 is 14.4 Å². The fourth-order valence-corrected chi connectivity index (χ4v) is 2.13. The topological polar surface area (TPSA) is 47.5 Å². The second kappa shape index (κ2) is 5.21. The second-order valence-electron chi connectivity index (χ2n) is 4.29. The number of rotatable bonds is 3. The summed E-state index contributed by atoms with van der Waals surface area (Å²) in [5.41, 5.74) is 0. The Morgan fingerprint density at radius 2 is 1.82 bits per heavy atom. The van der Waals surface area contributed by atoms with Crippen LogP contribution in [0.5, 0.6) is 11.8 Å². The van der Waals surface area contributed by atoms with Gasteiger partial charge in [0.15, 0.2) is 0 Å². The Hall–Kier alpha value is -1.52.